The first kappa shape index (κ1) is 20.9. The van der Waals surface area contributed by atoms with Crippen molar-refractivity contribution < 1.29 is 9.59 Å². The Balaban J connectivity index is 1.66. The summed E-state index contributed by atoms with van der Waals surface area (Å²) in [6.07, 6.45) is 7.21. The summed E-state index contributed by atoms with van der Waals surface area (Å²) in [7, 11) is 0. The maximum Gasteiger partial charge on any atom is 0.266 e. The first-order valence-corrected chi connectivity index (χ1v) is 10.6. The van der Waals surface area contributed by atoms with E-state index >= 15 is 0 Å². The number of carbonyl (C=O) groups excluding carboxylic acids is 2. The molecule has 1 fully saturated rings. The molecule has 1 unspecified atom stereocenters. The highest BCUT2D eigenvalue weighted by molar-refractivity contribution is 5.97. The highest BCUT2D eigenvalue weighted by Gasteiger charge is 2.25. The van der Waals surface area contributed by atoms with Gasteiger partial charge < -0.3 is 15.1 Å². The summed E-state index contributed by atoms with van der Waals surface area (Å²) < 4.78 is 0. The van der Waals surface area contributed by atoms with Crippen molar-refractivity contribution in [3.63, 3.8) is 0 Å². The Bertz CT molecular complexity index is 832. The van der Waals surface area contributed by atoms with Crippen LogP contribution in [0.1, 0.15) is 55.8 Å². The zero-order valence-electron chi connectivity index (χ0n) is 17.4. The Hall–Kier alpha value is -2.81. The van der Waals surface area contributed by atoms with E-state index in [1.165, 1.54) is 36.5 Å². The third kappa shape index (κ3) is 4.97. The minimum absolute atomic E-state index is 0.0191. The van der Waals surface area contributed by atoms with Gasteiger partial charge >= 0.3 is 0 Å². The molecule has 1 aromatic carbocycles. The minimum Gasteiger partial charge on any atom is -0.383 e. The van der Waals surface area contributed by atoms with E-state index in [-0.39, 0.29) is 23.4 Å². The third-order valence-electron chi connectivity index (χ3n) is 5.98. The quantitative estimate of drug-likeness (QED) is 0.615. The summed E-state index contributed by atoms with van der Waals surface area (Å²) in [6.45, 7) is 5.58. The van der Waals surface area contributed by atoms with Crippen LogP contribution in [-0.4, -0.2) is 47.8 Å². The zero-order chi connectivity index (χ0) is 20.8. The Morgan fingerprint density at radius 2 is 1.79 bits per heavy atom. The lowest BCUT2D eigenvalue weighted by Crippen LogP contribution is -2.50. The van der Waals surface area contributed by atoms with Gasteiger partial charge in [0.15, 0.2) is 0 Å². The van der Waals surface area contributed by atoms with Crippen molar-refractivity contribution in [3.05, 3.63) is 46.7 Å². The highest BCUT2D eigenvalue weighted by Crippen LogP contribution is 2.26. The van der Waals surface area contributed by atoms with E-state index in [2.05, 4.69) is 30.4 Å². The smallest absolute Gasteiger partial charge is 0.266 e. The molecule has 6 heteroatoms. The monoisotopic (exact) mass is 394 g/mol. The molecule has 2 amide bonds. The number of rotatable bonds is 5. The van der Waals surface area contributed by atoms with Crippen LogP contribution >= 0.6 is 0 Å². The van der Waals surface area contributed by atoms with Crippen LogP contribution in [0.3, 0.4) is 0 Å². The molecule has 2 aliphatic rings. The molecule has 3 rings (SSSR count). The number of nitrogens with zero attached hydrogens (tertiary/aromatic N) is 3. The van der Waals surface area contributed by atoms with Gasteiger partial charge in [-0.2, -0.15) is 5.26 Å². The fraction of sp³-hybridized carbons (Fsp3) is 0.522. The molecular formula is C23H30N4O2. The van der Waals surface area contributed by atoms with Gasteiger partial charge in [0.25, 0.3) is 5.91 Å². The van der Waals surface area contributed by atoms with Crippen LogP contribution in [0, 0.1) is 11.3 Å². The maximum absolute atomic E-state index is 12.7. The fourth-order valence-corrected chi connectivity index (χ4v) is 4.14. The summed E-state index contributed by atoms with van der Waals surface area (Å²) in [6, 6.07) is 8.77. The molecule has 154 valence electrons. The molecule has 1 N–H and O–H groups in total. The molecule has 0 radical (unpaired) electrons. The average Bonchev–Trinajstić information content (AvgIpc) is 2.76. The number of hydrogen-bond donors (Lipinski definition) is 1. The topological polar surface area (TPSA) is 76.4 Å². The predicted molar refractivity (Wildman–Crippen MR) is 112 cm³/mol. The summed E-state index contributed by atoms with van der Waals surface area (Å²) in [5, 5.41) is 12.8. The first-order chi connectivity index (χ1) is 14.0. The second-order valence-electron chi connectivity index (χ2n) is 7.83. The standard InChI is InChI=1S/C23H30N4O2/c1-3-22(20-9-8-18-6-4-5-7-19(18)14-20)25-16-21(15-24)23(29)27-12-10-26(11-13-27)17(2)28/h8-9,14,16,22,25H,3-7,10-13H2,1-2H3/b21-16-. The molecule has 1 aromatic rings. The van der Waals surface area contributed by atoms with Crippen molar-refractivity contribution in [2.45, 2.75) is 52.0 Å². The van der Waals surface area contributed by atoms with Gasteiger partial charge in [0.05, 0.1) is 6.04 Å². The Kier molecular flexibility index (Phi) is 6.92. The van der Waals surface area contributed by atoms with Crippen molar-refractivity contribution in [1.29, 1.82) is 5.26 Å². The number of carbonyl (C=O) groups is 2. The number of aryl methyl sites for hydroxylation is 2. The molecule has 6 nitrogen and oxygen atoms in total. The van der Waals surface area contributed by atoms with Crippen LogP contribution in [0.15, 0.2) is 30.0 Å². The number of benzene rings is 1. The molecule has 0 aromatic heterocycles. The summed E-state index contributed by atoms with van der Waals surface area (Å²) in [4.78, 5) is 27.5. The second-order valence-corrected chi connectivity index (χ2v) is 7.83. The number of fused-ring (bicyclic) bond motifs is 1. The lowest BCUT2D eigenvalue weighted by Gasteiger charge is -2.34. The molecule has 1 aliphatic heterocycles. The maximum atomic E-state index is 12.7. The molecule has 29 heavy (non-hydrogen) atoms. The van der Waals surface area contributed by atoms with Crippen molar-refractivity contribution in [3.8, 4) is 6.07 Å². The predicted octanol–water partition coefficient (Wildman–Crippen LogP) is 2.70. The molecule has 1 aliphatic carbocycles. The lowest BCUT2D eigenvalue weighted by molar-refractivity contribution is -0.136. The normalized spacial score (nSPS) is 17.9. The van der Waals surface area contributed by atoms with E-state index < -0.39 is 0 Å². The van der Waals surface area contributed by atoms with Gasteiger partial charge in [-0.1, -0.05) is 25.1 Å². The van der Waals surface area contributed by atoms with Crippen LogP contribution in [0.25, 0.3) is 0 Å². The number of nitriles is 1. The number of amides is 2. The van der Waals surface area contributed by atoms with Gasteiger partial charge in [0, 0.05) is 39.3 Å². The SMILES string of the molecule is CCC(N/C=C(/C#N)C(=O)N1CCN(C(C)=O)CC1)c1ccc2c(c1)CCCC2. The average molecular weight is 395 g/mol. The molecule has 1 saturated heterocycles. The van der Waals surface area contributed by atoms with E-state index in [1.54, 1.807) is 16.0 Å². The summed E-state index contributed by atoms with van der Waals surface area (Å²) >= 11 is 0. The van der Waals surface area contributed by atoms with Crippen LogP contribution in [0.2, 0.25) is 0 Å². The lowest BCUT2D eigenvalue weighted by atomic mass is 9.89. The van der Waals surface area contributed by atoms with Crippen molar-refractivity contribution >= 4 is 11.8 Å². The number of hydrogen-bond acceptors (Lipinski definition) is 4. The molecule has 1 atom stereocenters. The van der Waals surface area contributed by atoms with Crippen LogP contribution in [0.5, 0.6) is 0 Å². The van der Waals surface area contributed by atoms with Gasteiger partial charge in [-0.15, -0.1) is 0 Å². The van der Waals surface area contributed by atoms with Crippen molar-refractivity contribution in [2.24, 2.45) is 0 Å². The molecule has 0 spiro atoms. The molecule has 0 bridgehead atoms. The zero-order valence-corrected chi connectivity index (χ0v) is 17.4. The van der Waals surface area contributed by atoms with E-state index in [0.29, 0.717) is 26.2 Å². The van der Waals surface area contributed by atoms with Gasteiger partial charge in [-0.3, -0.25) is 9.59 Å². The first-order valence-electron chi connectivity index (χ1n) is 10.6. The Morgan fingerprint density at radius 1 is 1.14 bits per heavy atom. The Morgan fingerprint density at radius 3 is 2.41 bits per heavy atom. The van der Waals surface area contributed by atoms with Crippen molar-refractivity contribution in [2.75, 3.05) is 26.2 Å². The highest BCUT2D eigenvalue weighted by atomic mass is 16.2. The van der Waals surface area contributed by atoms with Gasteiger partial charge in [0.1, 0.15) is 11.6 Å². The number of piperazine rings is 1. The van der Waals surface area contributed by atoms with Crippen molar-refractivity contribution in [1.82, 2.24) is 15.1 Å². The molecule has 0 saturated carbocycles. The molecule has 1 heterocycles. The van der Waals surface area contributed by atoms with Crippen LogP contribution in [0.4, 0.5) is 0 Å². The van der Waals surface area contributed by atoms with E-state index in [4.69, 9.17) is 0 Å². The van der Waals surface area contributed by atoms with Gasteiger partial charge in [-0.25, -0.2) is 0 Å². The van der Waals surface area contributed by atoms with Gasteiger partial charge in [0.2, 0.25) is 5.91 Å². The second kappa shape index (κ2) is 9.60. The van der Waals surface area contributed by atoms with Crippen LogP contribution in [-0.2, 0) is 22.4 Å². The van der Waals surface area contributed by atoms with E-state index in [0.717, 1.165) is 19.3 Å². The Labute approximate surface area is 173 Å². The summed E-state index contributed by atoms with van der Waals surface area (Å²) in [5.41, 5.74) is 4.18. The number of nitrogens with one attached hydrogen (secondary N) is 1. The summed E-state index contributed by atoms with van der Waals surface area (Å²) in [5.74, 6) is -0.255. The minimum atomic E-state index is -0.275. The van der Waals surface area contributed by atoms with E-state index in [1.807, 2.05) is 6.07 Å². The third-order valence-corrected chi connectivity index (χ3v) is 5.98. The van der Waals surface area contributed by atoms with Crippen LogP contribution < -0.4 is 5.32 Å². The molecular weight excluding hydrogens is 364 g/mol. The van der Waals surface area contributed by atoms with Gasteiger partial charge in [-0.05, 0) is 48.8 Å². The van der Waals surface area contributed by atoms with E-state index in [9.17, 15) is 14.9 Å². The fourth-order valence-electron chi connectivity index (χ4n) is 4.14. The largest absolute Gasteiger partial charge is 0.383 e.